The molecule has 0 aromatic carbocycles. The van der Waals surface area contributed by atoms with Crippen LogP contribution in [0, 0.1) is 0 Å². The predicted octanol–water partition coefficient (Wildman–Crippen LogP) is 1.02. The lowest BCUT2D eigenvalue weighted by Gasteiger charge is -2.10. The van der Waals surface area contributed by atoms with Gasteiger partial charge in [-0.05, 0) is 12.8 Å². The molecule has 5 heteroatoms. The van der Waals surface area contributed by atoms with Gasteiger partial charge in [0.2, 0.25) is 0 Å². The number of amides is 1. The Morgan fingerprint density at radius 1 is 1.50 bits per heavy atom. The molecule has 0 atom stereocenters. The van der Waals surface area contributed by atoms with Crippen molar-refractivity contribution < 1.29 is 9.53 Å². The molecule has 86 valence electrons. The zero-order valence-electron chi connectivity index (χ0n) is 9.41. The third-order valence-corrected chi connectivity index (χ3v) is 2.40. The molecule has 0 bridgehead atoms. The van der Waals surface area contributed by atoms with Crippen molar-refractivity contribution in [1.82, 2.24) is 10.3 Å². The SMILES string of the molecule is CNC(=O)c1ncc(NC)cc1OC1CC1. The fourth-order valence-corrected chi connectivity index (χ4v) is 1.33. The molecular formula is C11H15N3O2. The molecule has 2 N–H and O–H groups in total. The van der Waals surface area contributed by atoms with Crippen molar-refractivity contribution in [2.45, 2.75) is 18.9 Å². The molecule has 1 aliphatic rings. The number of anilines is 1. The Morgan fingerprint density at radius 2 is 2.25 bits per heavy atom. The number of nitrogens with one attached hydrogen (secondary N) is 2. The number of rotatable bonds is 4. The van der Waals surface area contributed by atoms with Crippen LogP contribution in [0.5, 0.6) is 5.75 Å². The van der Waals surface area contributed by atoms with Gasteiger partial charge in [0.25, 0.3) is 5.91 Å². The third kappa shape index (κ3) is 2.24. The second-order valence-electron chi connectivity index (χ2n) is 3.72. The molecule has 1 aromatic rings. The minimum absolute atomic E-state index is 0.224. The van der Waals surface area contributed by atoms with Crippen LogP contribution in [0.15, 0.2) is 12.3 Å². The molecule has 1 saturated carbocycles. The quantitative estimate of drug-likeness (QED) is 0.797. The van der Waals surface area contributed by atoms with Gasteiger partial charge in [-0.25, -0.2) is 4.98 Å². The predicted molar refractivity (Wildman–Crippen MR) is 60.8 cm³/mol. The Balaban J connectivity index is 2.29. The van der Waals surface area contributed by atoms with Crippen LogP contribution in [0.25, 0.3) is 0 Å². The van der Waals surface area contributed by atoms with Gasteiger partial charge in [0.15, 0.2) is 11.4 Å². The first-order valence-corrected chi connectivity index (χ1v) is 5.31. The molecule has 0 radical (unpaired) electrons. The zero-order valence-corrected chi connectivity index (χ0v) is 9.41. The number of hydrogen-bond acceptors (Lipinski definition) is 4. The second-order valence-corrected chi connectivity index (χ2v) is 3.72. The Hall–Kier alpha value is -1.78. The lowest BCUT2D eigenvalue weighted by molar-refractivity contribution is 0.0953. The minimum atomic E-state index is -0.224. The Morgan fingerprint density at radius 3 is 2.81 bits per heavy atom. The number of carbonyl (C=O) groups is 1. The van der Waals surface area contributed by atoms with E-state index in [1.54, 1.807) is 26.4 Å². The van der Waals surface area contributed by atoms with Crippen molar-refractivity contribution in [1.29, 1.82) is 0 Å². The molecule has 1 heterocycles. The standard InChI is InChI=1S/C11H15N3O2/c1-12-7-5-9(16-8-3-4-8)10(14-6-7)11(15)13-2/h5-6,8,12H,3-4H2,1-2H3,(H,13,15). The first kappa shape index (κ1) is 10.7. The Kier molecular flexibility index (Phi) is 2.94. The summed E-state index contributed by atoms with van der Waals surface area (Å²) in [6, 6.07) is 1.80. The van der Waals surface area contributed by atoms with Gasteiger partial charge in [-0.1, -0.05) is 0 Å². The van der Waals surface area contributed by atoms with Crippen molar-refractivity contribution in [2.75, 3.05) is 19.4 Å². The summed E-state index contributed by atoms with van der Waals surface area (Å²) in [7, 11) is 3.38. The maximum atomic E-state index is 11.6. The van der Waals surface area contributed by atoms with Gasteiger partial charge in [0, 0.05) is 20.2 Å². The summed E-state index contributed by atoms with van der Waals surface area (Å²) in [5, 5.41) is 5.52. The average molecular weight is 221 g/mol. The molecule has 0 saturated heterocycles. The number of hydrogen-bond donors (Lipinski definition) is 2. The average Bonchev–Trinajstić information content (AvgIpc) is 3.12. The van der Waals surface area contributed by atoms with Gasteiger partial charge < -0.3 is 15.4 Å². The number of ether oxygens (including phenoxy) is 1. The second kappa shape index (κ2) is 4.38. The summed E-state index contributed by atoms with van der Waals surface area (Å²) < 4.78 is 5.66. The lowest BCUT2D eigenvalue weighted by Crippen LogP contribution is -2.20. The minimum Gasteiger partial charge on any atom is -0.488 e. The normalized spacial score (nSPS) is 14.4. The van der Waals surface area contributed by atoms with E-state index < -0.39 is 0 Å². The summed E-state index contributed by atoms with van der Waals surface area (Å²) in [5.74, 6) is 0.326. The maximum absolute atomic E-state index is 11.6. The van der Waals surface area contributed by atoms with E-state index in [0.717, 1.165) is 18.5 Å². The smallest absolute Gasteiger partial charge is 0.273 e. The maximum Gasteiger partial charge on any atom is 0.273 e. The van der Waals surface area contributed by atoms with E-state index in [1.165, 1.54) is 0 Å². The van der Waals surface area contributed by atoms with Crippen molar-refractivity contribution in [2.24, 2.45) is 0 Å². The van der Waals surface area contributed by atoms with E-state index in [1.807, 2.05) is 0 Å². The van der Waals surface area contributed by atoms with E-state index in [0.29, 0.717) is 11.4 Å². The fourth-order valence-electron chi connectivity index (χ4n) is 1.33. The highest BCUT2D eigenvalue weighted by molar-refractivity contribution is 5.95. The van der Waals surface area contributed by atoms with Gasteiger partial charge in [0.05, 0.1) is 18.0 Å². The Bertz CT molecular complexity index is 402. The van der Waals surface area contributed by atoms with E-state index in [2.05, 4.69) is 15.6 Å². The van der Waals surface area contributed by atoms with E-state index in [9.17, 15) is 4.79 Å². The van der Waals surface area contributed by atoms with Crippen molar-refractivity contribution in [3.8, 4) is 5.75 Å². The van der Waals surface area contributed by atoms with Gasteiger partial charge in [-0.3, -0.25) is 4.79 Å². The first-order chi connectivity index (χ1) is 7.74. The molecule has 1 fully saturated rings. The summed E-state index contributed by atoms with van der Waals surface area (Å²) in [5.41, 5.74) is 1.18. The summed E-state index contributed by atoms with van der Waals surface area (Å²) in [4.78, 5) is 15.7. The molecule has 5 nitrogen and oxygen atoms in total. The highest BCUT2D eigenvalue weighted by atomic mass is 16.5. The van der Waals surface area contributed by atoms with Gasteiger partial charge >= 0.3 is 0 Å². The summed E-state index contributed by atoms with van der Waals surface area (Å²) >= 11 is 0. The molecule has 0 unspecified atom stereocenters. The highest BCUT2D eigenvalue weighted by Gasteiger charge is 2.26. The van der Waals surface area contributed by atoms with E-state index in [-0.39, 0.29) is 12.0 Å². The van der Waals surface area contributed by atoms with Crippen LogP contribution in [0.3, 0.4) is 0 Å². The van der Waals surface area contributed by atoms with E-state index in [4.69, 9.17) is 4.74 Å². The van der Waals surface area contributed by atoms with Gasteiger partial charge in [0.1, 0.15) is 0 Å². The van der Waals surface area contributed by atoms with Crippen LogP contribution in [0.4, 0.5) is 5.69 Å². The van der Waals surface area contributed by atoms with Crippen molar-refractivity contribution in [3.05, 3.63) is 18.0 Å². The molecular weight excluding hydrogens is 206 g/mol. The van der Waals surface area contributed by atoms with Gasteiger partial charge in [-0.2, -0.15) is 0 Å². The van der Waals surface area contributed by atoms with Crippen LogP contribution in [0.2, 0.25) is 0 Å². The topological polar surface area (TPSA) is 63.2 Å². The molecule has 1 aliphatic carbocycles. The molecule has 0 spiro atoms. The molecule has 1 aromatic heterocycles. The van der Waals surface area contributed by atoms with Gasteiger partial charge in [-0.15, -0.1) is 0 Å². The van der Waals surface area contributed by atoms with Crippen LogP contribution in [0.1, 0.15) is 23.3 Å². The van der Waals surface area contributed by atoms with E-state index >= 15 is 0 Å². The van der Waals surface area contributed by atoms with Crippen molar-refractivity contribution >= 4 is 11.6 Å². The summed E-state index contributed by atoms with van der Waals surface area (Å²) in [6.07, 6.45) is 3.97. The summed E-state index contributed by atoms with van der Waals surface area (Å²) in [6.45, 7) is 0. The van der Waals surface area contributed by atoms with Crippen molar-refractivity contribution in [3.63, 3.8) is 0 Å². The third-order valence-electron chi connectivity index (χ3n) is 2.40. The van der Waals surface area contributed by atoms with Crippen LogP contribution in [-0.4, -0.2) is 31.1 Å². The van der Waals surface area contributed by atoms with Crippen LogP contribution >= 0.6 is 0 Å². The van der Waals surface area contributed by atoms with Crippen LogP contribution in [-0.2, 0) is 0 Å². The number of carbonyl (C=O) groups excluding carboxylic acids is 1. The first-order valence-electron chi connectivity index (χ1n) is 5.31. The number of pyridine rings is 1. The number of nitrogens with zero attached hydrogens (tertiary/aromatic N) is 1. The molecule has 16 heavy (non-hydrogen) atoms. The largest absolute Gasteiger partial charge is 0.488 e. The Labute approximate surface area is 94.2 Å². The zero-order chi connectivity index (χ0) is 11.5. The fraction of sp³-hybridized carbons (Fsp3) is 0.455. The molecule has 2 rings (SSSR count). The van der Waals surface area contributed by atoms with Crippen LogP contribution < -0.4 is 15.4 Å². The monoisotopic (exact) mass is 221 g/mol. The lowest BCUT2D eigenvalue weighted by atomic mass is 10.3. The highest BCUT2D eigenvalue weighted by Crippen LogP contribution is 2.29. The number of aromatic nitrogens is 1. The molecule has 0 aliphatic heterocycles. The molecule has 1 amide bonds.